The second kappa shape index (κ2) is 4.48. The van der Waals surface area contributed by atoms with Crippen LogP contribution in [0.4, 0.5) is 0 Å². The molecule has 2 nitrogen and oxygen atoms in total. The number of aromatic hydroxyl groups is 1. The zero-order valence-electron chi connectivity index (χ0n) is 9.24. The van der Waals surface area contributed by atoms with E-state index in [1.54, 1.807) is 30.3 Å². The van der Waals surface area contributed by atoms with E-state index in [9.17, 15) is 5.11 Å². The molecule has 2 aromatic rings. The van der Waals surface area contributed by atoms with Crippen molar-refractivity contribution >= 4 is 11.6 Å². The fraction of sp³-hybridized carbons (Fsp3) is 0.0714. The zero-order valence-corrected chi connectivity index (χ0v) is 9.99. The number of nitrogens with zero attached hydrogens (tertiary/aromatic N) is 1. The number of rotatable bonds is 1. The van der Waals surface area contributed by atoms with Crippen molar-refractivity contribution < 1.29 is 5.11 Å². The smallest absolute Gasteiger partial charge is 0.123 e. The summed E-state index contributed by atoms with van der Waals surface area (Å²) in [7, 11) is 0. The molecule has 0 heterocycles. The highest BCUT2D eigenvalue weighted by atomic mass is 35.5. The molecule has 1 N–H and O–H groups in total. The van der Waals surface area contributed by atoms with Crippen LogP contribution in [0.2, 0.25) is 5.02 Å². The first kappa shape index (κ1) is 11.5. The Morgan fingerprint density at radius 1 is 1.24 bits per heavy atom. The molecule has 0 aromatic heterocycles. The van der Waals surface area contributed by atoms with Crippen LogP contribution in [0.1, 0.15) is 11.1 Å². The summed E-state index contributed by atoms with van der Waals surface area (Å²) < 4.78 is 0. The van der Waals surface area contributed by atoms with Gasteiger partial charge in [-0.3, -0.25) is 0 Å². The molecule has 0 aliphatic heterocycles. The van der Waals surface area contributed by atoms with Crippen LogP contribution in [-0.4, -0.2) is 5.11 Å². The van der Waals surface area contributed by atoms with E-state index in [0.29, 0.717) is 16.1 Å². The molecule has 0 aliphatic carbocycles. The second-order valence-electron chi connectivity index (χ2n) is 3.81. The van der Waals surface area contributed by atoms with Crippen LogP contribution in [0, 0.1) is 18.3 Å². The predicted molar refractivity (Wildman–Crippen MR) is 68.0 cm³/mol. The topological polar surface area (TPSA) is 44.0 Å². The Hall–Kier alpha value is -1.98. The van der Waals surface area contributed by atoms with Gasteiger partial charge >= 0.3 is 0 Å². The molecule has 0 unspecified atom stereocenters. The van der Waals surface area contributed by atoms with Gasteiger partial charge in [0.25, 0.3) is 0 Å². The molecule has 0 saturated carbocycles. The maximum atomic E-state index is 9.89. The van der Waals surface area contributed by atoms with Crippen molar-refractivity contribution in [2.45, 2.75) is 6.92 Å². The van der Waals surface area contributed by atoms with Gasteiger partial charge in [-0.2, -0.15) is 5.26 Å². The third-order valence-electron chi connectivity index (χ3n) is 2.58. The standard InChI is InChI=1S/C14H10ClNO/c1-9-5-14(17)12(7-13(9)15)11-4-2-3-10(6-11)8-16/h2-7,17H,1H3. The normalized spacial score (nSPS) is 9.94. The third kappa shape index (κ3) is 2.25. The Morgan fingerprint density at radius 3 is 2.71 bits per heavy atom. The minimum Gasteiger partial charge on any atom is -0.507 e. The number of aryl methyl sites for hydroxylation is 1. The van der Waals surface area contributed by atoms with Gasteiger partial charge in [-0.15, -0.1) is 0 Å². The van der Waals surface area contributed by atoms with Crippen molar-refractivity contribution in [2.75, 3.05) is 0 Å². The van der Waals surface area contributed by atoms with Crippen molar-refractivity contribution in [2.24, 2.45) is 0 Å². The van der Waals surface area contributed by atoms with Gasteiger partial charge in [0, 0.05) is 10.6 Å². The summed E-state index contributed by atoms with van der Waals surface area (Å²) in [5, 5.41) is 19.3. The average molecular weight is 244 g/mol. The van der Waals surface area contributed by atoms with E-state index in [4.69, 9.17) is 16.9 Å². The summed E-state index contributed by atoms with van der Waals surface area (Å²) in [5.41, 5.74) is 2.80. The molecular formula is C14H10ClNO. The first-order chi connectivity index (χ1) is 8.11. The van der Waals surface area contributed by atoms with Gasteiger partial charge in [0.1, 0.15) is 5.75 Å². The highest BCUT2D eigenvalue weighted by molar-refractivity contribution is 6.31. The number of benzene rings is 2. The number of phenols is 1. The molecule has 0 spiro atoms. The first-order valence-corrected chi connectivity index (χ1v) is 5.49. The molecule has 3 heteroatoms. The molecular weight excluding hydrogens is 234 g/mol. The summed E-state index contributed by atoms with van der Waals surface area (Å²) in [6.45, 7) is 1.83. The second-order valence-corrected chi connectivity index (χ2v) is 4.22. The third-order valence-corrected chi connectivity index (χ3v) is 2.99. The minimum absolute atomic E-state index is 0.169. The van der Waals surface area contributed by atoms with E-state index in [2.05, 4.69) is 6.07 Å². The van der Waals surface area contributed by atoms with Crippen LogP contribution in [0.5, 0.6) is 5.75 Å². The zero-order chi connectivity index (χ0) is 12.4. The predicted octanol–water partition coefficient (Wildman–Crippen LogP) is 3.89. The van der Waals surface area contributed by atoms with Crippen LogP contribution in [-0.2, 0) is 0 Å². The van der Waals surface area contributed by atoms with Crippen LogP contribution in [0.25, 0.3) is 11.1 Å². The van der Waals surface area contributed by atoms with Crippen molar-refractivity contribution in [1.29, 1.82) is 5.26 Å². The number of hydrogen-bond acceptors (Lipinski definition) is 2. The molecule has 0 aliphatic rings. The quantitative estimate of drug-likeness (QED) is 0.826. The SMILES string of the molecule is Cc1cc(O)c(-c2cccc(C#N)c2)cc1Cl. The maximum absolute atomic E-state index is 9.89. The molecule has 0 saturated heterocycles. The van der Waals surface area contributed by atoms with Gasteiger partial charge in [0.15, 0.2) is 0 Å². The van der Waals surface area contributed by atoms with E-state index in [1.807, 2.05) is 13.0 Å². The van der Waals surface area contributed by atoms with E-state index in [0.717, 1.165) is 11.1 Å². The Bertz CT molecular complexity index is 614. The first-order valence-electron chi connectivity index (χ1n) is 5.11. The van der Waals surface area contributed by atoms with E-state index in [-0.39, 0.29) is 5.75 Å². The molecule has 0 atom stereocenters. The van der Waals surface area contributed by atoms with Crippen LogP contribution in [0.3, 0.4) is 0 Å². The van der Waals surface area contributed by atoms with Gasteiger partial charge in [-0.1, -0.05) is 23.7 Å². The van der Waals surface area contributed by atoms with Crippen molar-refractivity contribution in [3.63, 3.8) is 0 Å². The molecule has 0 amide bonds. The van der Waals surface area contributed by atoms with Crippen LogP contribution in [0.15, 0.2) is 36.4 Å². The monoisotopic (exact) mass is 243 g/mol. The molecule has 0 fully saturated rings. The Balaban J connectivity index is 2.61. The van der Waals surface area contributed by atoms with Crippen molar-refractivity contribution in [3.05, 3.63) is 52.5 Å². The summed E-state index contributed by atoms with van der Waals surface area (Å²) in [4.78, 5) is 0. The molecule has 2 rings (SSSR count). The maximum Gasteiger partial charge on any atom is 0.123 e. The number of halogens is 1. The van der Waals surface area contributed by atoms with Crippen LogP contribution >= 0.6 is 11.6 Å². The van der Waals surface area contributed by atoms with Crippen molar-refractivity contribution in [1.82, 2.24) is 0 Å². The largest absolute Gasteiger partial charge is 0.507 e. The fourth-order valence-corrected chi connectivity index (χ4v) is 1.82. The Morgan fingerprint density at radius 2 is 2.00 bits per heavy atom. The lowest BCUT2D eigenvalue weighted by atomic mass is 10.0. The molecule has 0 bridgehead atoms. The minimum atomic E-state index is 0.169. The van der Waals surface area contributed by atoms with Crippen LogP contribution < -0.4 is 0 Å². The fourth-order valence-electron chi connectivity index (χ4n) is 1.65. The molecule has 0 radical (unpaired) electrons. The number of phenolic OH excluding ortho intramolecular Hbond substituents is 1. The lowest BCUT2D eigenvalue weighted by Crippen LogP contribution is -1.84. The molecule has 2 aromatic carbocycles. The number of nitriles is 1. The summed E-state index contributed by atoms with van der Waals surface area (Å²) in [5.74, 6) is 0.169. The van der Waals surface area contributed by atoms with E-state index in [1.165, 1.54) is 0 Å². The summed E-state index contributed by atoms with van der Waals surface area (Å²) in [6.07, 6.45) is 0. The van der Waals surface area contributed by atoms with Crippen molar-refractivity contribution in [3.8, 4) is 22.9 Å². The van der Waals surface area contributed by atoms with Gasteiger partial charge in [0.2, 0.25) is 0 Å². The highest BCUT2D eigenvalue weighted by Crippen LogP contribution is 2.34. The highest BCUT2D eigenvalue weighted by Gasteiger charge is 2.08. The van der Waals surface area contributed by atoms with E-state index >= 15 is 0 Å². The lowest BCUT2D eigenvalue weighted by Gasteiger charge is -2.07. The Labute approximate surface area is 105 Å². The summed E-state index contributed by atoms with van der Waals surface area (Å²) in [6, 6.07) is 12.5. The average Bonchev–Trinajstić information content (AvgIpc) is 2.34. The number of hydrogen-bond donors (Lipinski definition) is 1. The molecule has 17 heavy (non-hydrogen) atoms. The van der Waals surface area contributed by atoms with Gasteiger partial charge < -0.3 is 5.11 Å². The van der Waals surface area contributed by atoms with Gasteiger partial charge in [-0.25, -0.2) is 0 Å². The van der Waals surface area contributed by atoms with Gasteiger partial charge in [-0.05, 0) is 42.3 Å². The van der Waals surface area contributed by atoms with E-state index < -0.39 is 0 Å². The Kier molecular flexibility index (Phi) is 3.03. The van der Waals surface area contributed by atoms with Gasteiger partial charge in [0.05, 0.1) is 11.6 Å². The summed E-state index contributed by atoms with van der Waals surface area (Å²) >= 11 is 6.03. The lowest BCUT2D eigenvalue weighted by molar-refractivity contribution is 0.477. The molecule has 84 valence electrons.